The van der Waals surface area contributed by atoms with E-state index in [1.54, 1.807) is 0 Å². The van der Waals surface area contributed by atoms with Crippen LogP contribution in [-0.4, -0.2) is 101 Å². The molecule has 5 amide bonds. The Labute approximate surface area is 185 Å². The number of likely N-dealkylation sites (N-methyl/N-ethyl adjacent to an activating group) is 1. The average Bonchev–Trinajstić information content (AvgIpc) is 3.21. The van der Waals surface area contributed by atoms with E-state index >= 15 is 0 Å². The number of urea groups is 1. The van der Waals surface area contributed by atoms with Gasteiger partial charge in [-0.2, -0.15) is 0 Å². The van der Waals surface area contributed by atoms with Crippen molar-refractivity contribution < 1.29 is 19.2 Å². The summed E-state index contributed by atoms with van der Waals surface area (Å²) >= 11 is 0. The lowest BCUT2D eigenvalue weighted by molar-refractivity contribution is -0.133. The minimum atomic E-state index is -0.683. The van der Waals surface area contributed by atoms with Crippen LogP contribution < -0.4 is 5.32 Å². The van der Waals surface area contributed by atoms with Gasteiger partial charge in [0.25, 0.3) is 5.91 Å². The molecule has 3 aliphatic rings. The maximum absolute atomic E-state index is 12.7. The van der Waals surface area contributed by atoms with Crippen LogP contribution in [0.4, 0.5) is 4.79 Å². The highest BCUT2D eigenvalue weighted by molar-refractivity contribution is 6.07. The van der Waals surface area contributed by atoms with Gasteiger partial charge in [-0.15, -0.1) is 0 Å². The fraction of sp³-hybridized carbons (Fsp3) is 0.818. The van der Waals surface area contributed by atoms with E-state index in [4.69, 9.17) is 0 Å². The highest BCUT2D eigenvalue weighted by Gasteiger charge is 2.52. The third kappa shape index (κ3) is 5.37. The molecule has 31 heavy (non-hydrogen) atoms. The molecule has 2 heterocycles. The van der Waals surface area contributed by atoms with Crippen LogP contribution in [0.2, 0.25) is 0 Å². The molecule has 0 aromatic rings. The Balaban J connectivity index is 1.41. The van der Waals surface area contributed by atoms with Crippen molar-refractivity contribution >= 4 is 23.8 Å². The summed E-state index contributed by atoms with van der Waals surface area (Å²) in [6.45, 7) is 8.87. The van der Waals surface area contributed by atoms with Gasteiger partial charge in [-0.05, 0) is 39.5 Å². The van der Waals surface area contributed by atoms with E-state index < -0.39 is 5.54 Å². The van der Waals surface area contributed by atoms with Crippen LogP contribution in [0.3, 0.4) is 0 Å². The Morgan fingerprint density at radius 1 is 1.00 bits per heavy atom. The van der Waals surface area contributed by atoms with E-state index in [2.05, 4.69) is 10.2 Å². The molecule has 1 N–H and O–H groups in total. The molecule has 174 valence electrons. The Morgan fingerprint density at radius 2 is 1.71 bits per heavy atom. The van der Waals surface area contributed by atoms with Crippen molar-refractivity contribution in [3.05, 3.63) is 0 Å². The zero-order chi connectivity index (χ0) is 22.4. The molecule has 9 nitrogen and oxygen atoms in total. The van der Waals surface area contributed by atoms with Crippen molar-refractivity contribution in [2.24, 2.45) is 0 Å². The molecule has 9 heteroatoms. The van der Waals surface area contributed by atoms with Crippen molar-refractivity contribution in [1.29, 1.82) is 0 Å². The van der Waals surface area contributed by atoms with Crippen LogP contribution in [0, 0.1) is 0 Å². The summed E-state index contributed by atoms with van der Waals surface area (Å²) in [5.74, 6) is 0.0728. The van der Waals surface area contributed by atoms with Gasteiger partial charge >= 0.3 is 6.03 Å². The van der Waals surface area contributed by atoms with Crippen LogP contribution in [0.1, 0.15) is 58.8 Å². The second kappa shape index (κ2) is 10.4. The lowest BCUT2D eigenvalue weighted by Gasteiger charge is -2.25. The van der Waals surface area contributed by atoms with E-state index in [0.29, 0.717) is 65.0 Å². The van der Waals surface area contributed by atoms with Gasteiger partial charge < -0.3 is 15.1 Å². The molecule has 3 rings (SSSR count). The molecule has 0 unspecified atom stereocenters. The first kappa shape index (κ1) is 23.5. The summed E-state index contributed by atoms with van der Waals surface area (Å²) < 4.78 is 0. The first-order valence-corrected chi connectivity index (χ1v) is 11.8. The van der Waals surface area contributed by atoms with Gasteiger partial charge in [0.1, 0.15) is 5.54 Å². The van der Waals surface area contributed by atoms with Crippen LogP contribution in [-0.2, 0) is 14.4 Å². The maximum atomic E-state index is 12.7. The van der Waals surface area contributed by atoms with Gasteiger partial charge in [0, 0.05) is 52.2 Å². The average molecular weight is 436 g/mol. The maximum Gasteiger partial charge on any atom is 0.325 e. The number of rotatable bonds is 8. The van der Waals surface area contributed by atoms with Gasteiger partial charge in [0.05, 0.1) is 6.54 Å². The third-order valence-corrected chi connectivity index (χ3v) is 6.89. The van der Waals surface area contributed by atoms with Gasteiger partial charge in [-0.3, -0.25) is 24.2 Å². The molecule has 2 aliphatic heterocycles. The SMILES string of the molecule is CCN(CC)C(=O)CN1CCCN(C(=O)CCCN2C(=O)NC3(CCCC3)C2=O)CC1. The Morgan fingerprint density at radius 3 is 2.39 bits per heavy atom. The molecular formula is C22H37N5O4. The van der Waals surface area contributed by atoms with Gasteiger partial charge in [0.15, 0.2) is 0 Å². The second-order valence-electron chi connectivity index (χ2n) is 8.86. The van der Waals surface area contributed by atoms with Crippen molar-refractivity contribution in [2.45, 2.75) is 64.3 Å². The molecule has 0 bridgehead atoms. The smallest absolute Gasteiger partial charge is 0.325 e. The Hall–Kier alpha value is -2.16. The fourth-order valence-corrected chi connectivity index (χ4v) is 4.99. The highest BCUT2D eigenvalue weighted by Crippen LogP contribution is 2.35. The van der Waals surface area contributed by atoms with Gasteiger partial charge in [-0.25, -0.2) is 4.79 Å². The topological polar surface area (TPSA) is 93.3 Å². The van der Waals surface area contributed by atoms with E-state index in [-0.39, 0.29) is 30.3 Å². The minimum Gasteiger partial charge on any atom is -0.342 e. The third-order valence-electron chi connectivity index (χ3n) is 6.89. The Bertz CT molecular complexity index is 687. The monoisotopic (exact) mass is 435 g/mol. The number of nitrogens with one attached hydrogen (secondary N) is 1. The zero-order valence-electron chi connectivity index (χ0n) is 19.0. The van der Waals surface area contributed by atoms with Crippen molar-refractivity contribution in [3.63, 3.8) is 0 Å². The predicted octanol–water partition coefficient (Wildman–Crippen LogP) is 1.03. The number of nitrogens with zero attached hydrogens (tertiary/aromatic N) is 4. The zero-order valence-corrected chi connectivity index (χ0v) is 19.0. The molecule has 1 saturated carbocycles. The summed E-state index contributed by atoms with van der Waals surface area (Å²) in [4.78, 5) is 57.1. The summed E-state index contributed by atoms with van der Waals surface area (Å²) in [6, 6.07) is -0.317. The molecule has 1 aliphatic carbocycles. The number of carbonyl (C=O) groups is 4. The van der Waals surface area contributed by atoms with Crippen molar-refractivity contribution in [2.75, 3.05) is 52.4 Å². The number of amides is 5. The Kier molecular flexibility index (Phi) is 7.91. The fourth-order valence-electron chi connectivity index (χ4n) is 4.99. The molecule has 0 aromatic carbocycles. The van der Waals surface area contributed by atoms with Crippen molar-refractivity contribution in [1.82, 2.24) is 24.9 Å². The lowest BCUT2D eigenvalue weighted by Crippen LogP contribution is -2.44. The molecular weight excluding hydrogens is 398 g/mol. The standard InChI is InChI=1S/C22H37N5O4/c1-3-25(4-2)19(29)17-24-12-8-13-26(16-15-24)18(28)9-7-14-27-20(30)22(23-21(27)31)10-5-6-11-22/h3-17H2,1-2H3,(H,23,31). The van der Waals surface area contributed by atoms with Gasteiger partial charge in [0.2, 0.25) is 11.8 Å². The van der Waals surface area contributed by atoms with E-state index in [1.165, 1.54) is 4.90 Å². The largest absolute Gasteiger partial charge is 0.342 e. The van der Waals surface area contributed by atoms with Crippen LogP contribution >= 0.6 is 0 Å². The van der Waals surface area contributed by atoms with Crippen molar-refractivity contribution in [3.8, 4) is 0 Å². The van der Waals surface area contributed by atoms with E-state index in [0.717, 1.165) is 25.8 Å². The first-order chi connectivity index (χ1) is 14.9. The van der Waals surface area contributed by atoms with Crippen LogP contribution in [0.15, 0.2) is 0 Å². The normalized spacial score (nSPS) is 21.5. The lowest BCUT2D eigenvalue weighted by atomic mass is 9.98. The quantitative estimate of drug-likeness (QED) is 0.575. The summed E-state index contributed by atoms with van der Waals surface area (Å²) in [5, 5.41) is 2.88. The molecule has 0 atom stereocenters. The van der Waals surface area contributed by atoms with Crippen LogP contribution in [0.5, 0.6) is 0 Å². The molecule has 2 saturated heterocycles. The minimum absolute atomic E-state index is 0.0551. The van der Waals surface area contributed by atoms with Crippen LogP contribution in [0.25, 0.3) is 0 Å². The second-order valence-corrected chi connectivity index (χ2v) is 8.86. The molecule has 3 fully saturated rings. The van der Waals surface area contributed by atoms with E-state index in [1.807, 2.05) is 23.6 Å². The molecule has 0 radical (unpaired) electrons. The summed E-state index contributed by atoms with van der Waals surface area (Å²) in [6.07, 6.45) is 5.00. The predicted molar refractivity (Wildman–Crippen MR) is 116 cm³/mol. The number of hydrogen-bond donors (Lipinski definition) is 1. The van der Waals surface area contributed by atoms with Gasteiger partial charge in [-0.1, -0.05) is 12.8 Å². The number of imide groups is 1. The summed E-state index contributed by atoms with van der Waals surface area (Å²) in [5.41, 5.74) is -0.683. The number of hydrogen-bond acceptors (Lipinski definition) is 5. The molecule has 1 spiro atoms. The highest BCUT2D eigenvalue weighted by atomic mass is 16.2. The number of carbonyl (C=O) groups excluding carboxylic acids is 4. The molecule has 0 aromatic heterocycles. The first-order valence-electron chi connectivity index (χ1n) is 11.8. The van der Waals surface area contributed by atoms with E-state index in [9.17, 15) is 19.2 Å². The summed E-state index contributed by atoms with van der Waals surface area (Å²) in [7, 11) is 0.